The van der Waals surface area contributed by atoms with Crippen LogP contribution in [0.15, 0.2) is 12.3 Å². The molecular formula is C13H20N4O3. The lowest BCUT2D eigenvalue weighted by atomic mass is 10.2. The van der Waals surface area contributed by atoms with Gasteiger partial charge in [0.15, 0.2) is 0 Å². The summed E-state index contributed by atoms with van der Waals surface area (Å²) < 4.78 is 1.63. The van der Waals surface area contributed by atoms with Crippen LogP contribution >= 0.6 is 0 Å². The fraction of sp³-hybridized carbons (Fsp3) is 0.615. The van der Waals surface area contributed by atoms with E-state index in [0.29, 0.717) is 24.7 Å². The quantitative estimate of drug-likeness (QED) is 0.580. The summed E-state index contributed by atoms with van der Waals surface area (Å²) in [5.74, 6) is 0.169. The molecule has 3 N–H and O–H groups in total. The van der Waals surface area contributed by atoms with E-state index in [1.54, 1.807) is 4.57 Å². The molecule has 2 rings (SSSR count). The van der Waals surface area contributed by atoms with Crippen LogP contribution in [0.25, 0.3) is 0 Å². The molecule has 0 spiro atoms. The van der Waals surface area contributed by atoms with Crippen LogP contribution in [0, 0.1) is 16.0 Å². The Balaban J connectivity index is 2.16. The van der Waals surface area contributed by atoms with Gasteiger partial charge in [0.05, 0.1) is 11.1 Å². The van der Waals surface area contributed by atoms with Crippen LogP contribution in [0.2, 0.25) is 0 Å². The SMILES string of the molecule is CCCn1cc([N+](=O)[O-])cc1C(=O)NC(CN)C1CC1. The van der Waals surface area contributed by atoms with Crippen molar-refractivity contribution in [2.45, 2.75) is 38.8 Å². The topological polar surface area (TPSA) is 103 Å². The number of amides is 1. The van der Waals surface area contributed by atoms with Gasteiger partial charge >= 0.3 is 0 Å². The van der Waals surface area contributed by atoms with Crippen LogP contribution in [-0.2, 0) is 6.54 Å². The second kappa shape index (κ2) is 6.04. The summed E-state index contributed by atoms with van der Waals surface area (Å²) in [4.78, 5) is 22.6. The van der Waals surface area contributed by atoms with Crippen molar-refractivity contribution >= 4 is 11.6 Å². The molecule has 0 aliphatic heterocycles. The van der Waals surface area contributed by atoms with Gasteiger partial charge in [-0.05, 0) is 25.2 Å². The Hall–Kier alpha value is -1.89. The molecule has 110 valence electrons. The lowest BCUT2D eigenvalue weighted by Crippen LogP contribution is -2.42. The number of nitrogens with one attached hydrogen (secondary N) is 1. The minimum atomic E-state index is -0.482. The predicted molar refractivity (Wildman–Crippen MR) is 74.4 cm³/mol. The van der Waals surface area contributed by atoms with Gasteiger partial charge in [0, 0.05) is 25.2 Å². The fourth-order valence-corrected chi connectivity index (χ4v) is 2.32. The van der Waals surface area contributed by atoms with E-state index >= 15 is 0 Å². The number of carbonyl (C=O) groups excluding carboxylic acids is 1. The first-order valence-corrected chi connectivity index (χ1v) is 6.92. The molecular weight excluding hydrogens is 260 g/mol. The number of carbonyl (C=O) groups is 1. The molecule has 1 atom stereocenters. The van der Waals surface area contributed by atoms with Gasteiger partial charge in [0.1, 0.15) is 5.69 Å². The maximum atomic E-state index is 12.3. The van der Waals surface area contributed by atoms with Gasteiger partial charge < -0.3 is 15.6 Å². The molecule has 1 aliphatic rings. The van der Waals surface area contributed by atoms with Gasteiger partial charge in [-0.2, -0.15) is 0 Å². The average molecular weight is 280 g/mol. The number of hydrogen-bond acceptors (Lipinski definition) is 4. The van der Waals surface area contributed by atoms with E-state index in [-0.39, 0.29) is 17.6 Å². The summed E-state index contributed by atoms with van der Waals surface area (Å²) in [5.41, 5.74) is 5.94. The summed E-state index contributed by atoms with van der Waals surface area (Å²) in [6.07, 6.45) is 4.37. The molecule has 1 saturated carbocycles. The molecule has 20 heavy (non-hydrogen) atoms. The maximum Gasteiger partial charge on any atom is 0.287 e. The Morgan fingerprint density at radius 2 is 2.35 bits per heavy atom. The zero-order chi connectivity index (χ0) is 14.7. The van der Waals surface area contributed by atoms with Gasteiger partial charge in [-0.25, -0.2) is 0 Å². The Morgan fingerprint density at radius 1 is 1.65 bits per heavy atom. The third kappa shape index (κ3) is 3.16. The van der Waals surface area contributed by atoms with Crippen LogP contribution in [0.4, 0.5) is 5.69 Å². The van der Waals surface area contributed by atoms with Crippen molar-refractivity contribution in [3.05, 3.63) is 28.1 Å². The van der Waals surface area contributed by atoms with Crippen molar-refractivity contribution < 1.29 is 9.72 Å². The third-order valence-corrected chi connectivity index (χ3v) is 3.55. The highest BCUT2D eigenvalue weighted by Gasteiger charge is 2.32. The molecule has 1 aromatic heterocycles. The number of aromatic nitrogens is 1. The fourth-order valence-electron chi connectivity index (χ4n) is 2.32. The third-order valence-electron chi connectivity index (χ3n) is 3.55. The first kappa shape index (κ1) is 14.5. The summed E-state index contributed by atoms with van der Waals surface area (Å²) in [6.45, 7) is 2.93. The molecule has 0 aromatic carbocycles. The number of rotatable bonds is 7. The number of nitrogens with two attached hydrogens (primary N) is 1. The normalized spacial score (nSPS) is 15.9. The number of aryl methyl sites for hydroxylation is 1. The van der Waals surface area contributed by atoms with Crippen LogP contribution in [0.1, 0.15) is 36.7 Å². The summed E-state index contributed by atoms with van der Waals surface area (Å²) in [7, 11) is 0. The second-order valence-electron chi connectivity index (χ2n) is 5.19. The summed E-state index contributed by atoms with van der Waals surface area (Å²) in [6, 6.07) is 1.29. The van der Waals surface area contributed by atoms with Gasteiger partial charge in [-0.1, -0.05) is 6.92 Å². The minimum Gasteiger partial charge on any atom is -0.346 e. The molecule has 1 fully saturated rings. The lowest BCUT2D eigenvalue weighted by Gasteiger charge is -2.16. The highest BCUT2D eigenvalue weighted by molar-refractivity contribution is 5.93. The Morgan fingerprint density at radius 3 is 2.85 bits per heavy atom. The summed E-state index contributed by atoms with van der Waals surface area (Å²) >= 11 is 0. The molecule has 0 saturated heterocycles. The average Bonchev–Trinajstić information content (AvgIpc) is 3.16. The lowest BCUT2D eigenvalue weighted by molar-refractivity contribution is -0.384. The van der Waals surface area contributed by atoms with Crippen molar-refractivity contribution in [3.8, 4) is 0 Å². The van der Waals surface area contributed by atoms with Crippen molar-refractivity contribution in [2.75, 3.05) is 6.54 Å². The smallest absolute Gasteiger partial charge is 0.287 e. The standard InChI is InChI=1S/C13H20N4O3/c1-2-5-16-8-10(17(19)20)6-12(16)13(18)15-11(7-14)9-3-4-9/h6,8-9,11H,2-5,7,14H2,1H3,(H,15,18). The Labute approximate surface area is 117 Å². The van der Waals surface area contributed by atoms with Crippen molar-refractivity contribution in [3.63, 3.8) is 0 Å². The molecule has 0 radical (unpaired) electrons. The number of nitro groups is 1. The molecule has 1 aliphatic carbocycles. The van der Waals surface area contributed by atoms with Gasteiger partial charge in [0.25, 0.3) is 11.6 Å². The van der Waals surface area contributed by atoms with E-state index in [1.165, 1.54) is 12.3 Å². The predicted octanol–water partition coefficient (Wildman–Crippen LogP) is 1.27. The van der Waals surface area contributed by atoms with E-state index in [0.717, 1.165) is 19.3 Å². The molecule has 7 heteroatoms. The Kier molecular flexibility index (Phi) is 4.39. The van der Waals surface area contributed by atoms with E-state index in [1.807, 2.05) is 6.92 Å². The molecule has 7 nitrogen and oxygen atoms in total. The zero-order valence-corrected chi connectivity index (χ0v) is 11.5. The largest absolute Gasteiger partial charge is 0.346 e. The van der Waals surface area contributed by atoms with Gasteiger partial charge in [-0.15, -0.1) is 0 Å². The van der Waals surface area contributed by atoms with Gasteiger partial charge in [-0.3, -0.25) is 14.9 Å². The van der Waals surface area contributed by atoms with E-state index < -0.39 is 4.92 Å². The molecule has 1 unspecified atom stereocenters. The minimum absolute atomic E-state index is 0.0356. The maximum absolute atomic E-state index is 12.3. The van der Waals surface area contributed by atoms with Crippen molar-refractivity contribution in [1.82, 2.24) is 9.88 Å². The first-order valence-electron chi connectivity index (χ1n) is 6.92. The molecule has 0 bridgehead atoms. The van der Waals surface area contributed by atoms with Crippen LogP contribution in [0.5, 0.6) is 0 Å². The van der Waals surface area contributed by atoms with Crippen molar-refractivity contribution in [2.24, 2.45) is 11.7 Å². The molecule has 1 aromatic rings. The highest BCUT2D eigenvalue weighted by atomic mass is 16.6. The van der Waals surface area contributed by atoms with Crippen molar-refractivity contribution in [1.29, 1.82) is 0 Å². The molecule has 1 amide bonds. The van der Waals surface area contributed by atoms with Crippen LogP contribution in [-0.4, -0.2) is 28.0 Å². The van der Waals surface area contributed by atoms with E-state index in [4.69, 9.17) is 5.73 Å². The zero-order valence-electron chi connectivity index (χ0n) is 11.5. The number of nitrogens with zero attached hydrogens (tertiary/aromatic N) is 2. The Bertz CT molecular complexity index is 508. The first-order chi connectivity index (χ1) is 9.56. The van der Waals surface area contributed by atoms with Crippen LogP contribution in [0.3, 0.4) is 0 Å². The molecule has 1 heterocycles. The monoisotopic (exact) mass is 280 g/mol. The second-order valence-corrected chi connectivity index (χ2v) is 5.19. The summed E-state index contributed by atoms with van der Waals surface area (Å²) in [5, 5.41) is 13.7. The van der Waals surface area contributed by atoms with Crippen LogP contribution < -0.4 is 11.1 Å². The highest BCUT2D eigenvalue weighted by Crippen LogP contribution is 2.32. The van der Waals surface area contributed by atoms with E-state index in [2.05, 4.69) is 5.32 Å². The van der Waals surface area contributed by atoms with E-state index in [9.17, 15) is 14.9 Å². The number of hydrogen-bond donors (Lipinski definition) is 2. The van der Waals surface area contributed by atoms with Gasteiger partial charge in [0.2, 0.25) is 0 Å².